The van der Waals surface area contributed by atoms with Gasteiger partial charge in [0, 0.05) is 36.4 Å². The zero-order valence-corrected chi connectivity index (χ0v) is 12.9. The first-order valence-corrected chi connectivity index (χ1v) is 7.81. The van der Waals surface area contributed by atoms with E-state index in [-0.39, 0.29) is 5.91 Å². The van der Waals surface area contributed by atoms with E-state index in [0.717, 1.165) is 55.7 Å². The average molecular weight is 288 g/mol. The van der Waals surface area contributed by atoms with Crippen LogP contribution in [0.4, 0.5) is 5.69 Å². The van der Waals surface area contributed by atoms with Crippen LogP contribution in [0.25, 0.3) is 0 Å². The van der Waals surface area contributed by atoms with Gasteiger partial charge in [-0.25, -0.2) is 0 Å². The van der Waals surface area contributed by atoms with Crippen molar-refractivity contribution >= 4 is 11.6 Å². The number of amides is 1. The second-order valence-corrected chi connectivity index (χ2v) is 6.44. The third-order valence-electron chi connectivity index (χ3n) is 4.57. The van der Waals surface area contributed by atoms with Gasteiger partial charge in [-0.2, -0.15) is 0 Å². The molecule has 1 saturated heterocycles. The van der Waals surface area contributed by atoms with Crippen LogP contribution in [0, 0.1) is 19.8 Å². The van der Waals surface area contributed by atoms with Gasteiger partial charge in [-0.15, -0.1) is 0 Å². The Morgan fingerprint density at radius 2 is 2.05 bits per heavy atom. The Bertz CT molecular complexity index is 546. The van der Waals surface area contributed by atoms with Gasteiger partial charge >= 0.3 is 0 Å². The summed E-state index contributed by atoms with van der Waals surface area (Å²) in [6.07, 6.45) is 3.31. The highest BCUT2D eigenvalue weighted by Gasteiger charge is 2.35. The van der Waals surface area contributed by atoms with Crippen molar-refractivity contribution in [2.24, 2.45) is 5.92 Å². The molecule has 1 amide bonds. The van der Waals surface area contributed by atoms with Gasteiger partial charge < -0.3 is 15.4 Å². The topological polar surface area (TPSA) is 55.6 Å². The summed E-state index contributed by atoms with van der Waals surface area (Å²) in [5.74, 6) is 0.617. The minimum Gasteiger partial charge on any atom is -0.398 e. The molecule has 3 rings (SSSR count). The smallest absolute Gasteiger partial charge is 0.254 e. The van der Waals surface area contributed by atoms with Crippen LogP contribution in [0.3, 0.4) is 0 Å². The Labute approximate surface area is 126 Å². The van der Waals surface area contributed by atoms with Crippen LogP contribution in [-0.4, -0.2) is 36.6 Å². The largest absolute Gasteiger partial charge is 0.398 e. The van der Waals surface area contributed by atoms with Crippen LogP contribution in [0.15, 0.2) is 12.1 Å². The lowest BCUT2D eigenvalue weighted by Gasteiger charge is -2.26. The van der Waals surface area contributed by atoms with E-state index in [4.69, 9.17) is 10.5 Å². The lowest BCUT2D eigenvalue weighted by molar-refractivity contribution is 0.0705. The molecule has 0 bridgehead atoms. The van der Waals surface area contributed by atoms with Gasteiger partial charge in [0.25, 0.3) is 5.91 Å². The number of hydrogen-bond acceptors (Lipinski definition) is 3. The average Bonchev–Trinajstić information content (AvgIpc) is 3.16. The fourth-order valence-electron chi connectivity index (χ4n) is 3.04. The van der Waals surface area contributed by atoms with Crippen molar-refractivity contribution in [3.63, 3.8) is 0 Å². The molecule has 1 aromatic rings. The van der Waals surface area contributed by atoms with Crippen molar-refractivity contribution in [3.8, 4) is 0 Å². The molecular weight excluding hydrogens is 264 g/mol. The normalized spacial score (nSPS) is 21.5. The molecule has 0 spiro atoms. The molecule has 2 fully saturated rings. The second-order valence-electron chi connectivity index (χ2n) is 6.44. The number of carbonyl (C=O) groups excluding carboxylic acids is 1. The molecule has 0 aromatic heterocycles. The molecule has 4 heteroatoms. The summed E-state index contributed by atoms with van der Waals surface area (Å²) in [5, 5.41) is 0. The van der Waals surface area contributed by atoms with Crippen LogP contribution in [0.5, 0.6) is 0 Å². The summed E-state index contributed by atoms with van der Waals surface area (Å²) in [4.78, 5) is 15.0. The first-order chi connectivity index (χ1) is 10.1. The maximum Gasteiger partial charge on any atom is 0.254 e. The van der Waals surface area contributed by atoms with Gasteiger partial charge in [-0.1, -0.05) is 6.07 Å². The summed E-state index contributed by atoms with van der Waals surface area (Å²) in [5.41, 5.74) is 9.49. The van der Waals surface area contributed by atoms with E-state index < -0.39 is 0 Å². The molecule has 1 aromatic carbocycles. The fraction of sp³-hybridized carbons (Fsp3) is 0.588. The van der Waals surface area contributed by atoms with Crippen molar-refractivity contribution in [2.45, 2.75) is 39.2 Å². The predicted octanol–water partition coefficient (Wildman–Crippen LogP) is 2.53. The molecule has 1 atom stereocenters. The molecule has 4 nitrogen and oxygen atoms in total. The molecule has 1 unspecified atom stereocenters. The molecule has 21 heavy (non-hydrogen) atoms. The number of rotatable bonds is 4. The Kier molecular flexibility index (Phi) is 3.89. The van der Waals surface area contributed by atoms with E-state index in [9.17, 15) is 4.79 Å². The van der Waals surface area contributed by atoms with E-state index in [1.165, 1.54) is 0 Å². The maximum atomic E-state index is 12.9. The highest BCUT2D eigenvalue weighted by atomic mass is 16.5. The van der Waals surface area contributed by atoms with Crippen molar-refractivity contribution in [1.82, 2.24) is 4.90 Å². The molecule has 1 aliphatic heterocycles. The lowest BCUT2D eigenvalue weighted by atomic mass is 10.0. The Balaban J connectivity index is 1.82. The number of carbonyl (C=O) groups is 1. The first kappa shape index (κ1) is 14.4. The Morgan fingerprint density at radius 1 is 1.29 bits per heavy atom. The SMILES string of the molecule is Cc1cc(C)c(C(=O)N(CC2CCOC2)C2CC2)cc1N. The summed E-state index contributed by atoms with van der Waals surface area (Å²) in [6.45, 7) is 6.39. The minimum absolute atomic E-state index is 0.133. The van der Waals surface area contributed by atoms with E-state index >= 15 is 0 Å². The summed E-state index contributed by atoms with van der Waals surface area (Å²) in [7, 11) is 0. The van der Waals surface area contributed by atoms with Crippen molar-refractivity contribution in [2.75, 3.05) is 25.5 Å². The van der Waals surface area contributed by atoms with E-state index in [1.807, 2.05) is 26.0 Å². The number of benzene rings is 1. The standard InChI is InChI=1S/C17H24N2O2/c1-11-7-12(2)16(18)8-15(11)17(20)19(14-3-4-14)9-13-5-6-21-10-13/h7-8,13-14H,3-6,9-10,18H2,1-2H3. The number of nitrogen functional groups attached to an aromatic ring is 1. The second kappa shape index (κ2) is 5.68. The molecule has 1 saturated carbocycles. The van der Waals surface area contributed by atoms with Gasteiger partial charge in [0.05, 0.1) is 6.61 Å². The Hall–Kier alpha value is -1.55. The molecule has 114 valence electrons. The van der Waals surface area contributed by atoms with Gasteiger partial charge in [0.15, 0.2) is 0 Å². The van der Waals surface area contributed by atoms with E-state index in [1.54, 1.807) is 0 Å². The Morgan fingerprint density at radius 3 is 2.67 bits per heavy atom. The van der Waals surface area contributed by atoms with Crippen molar-refractivity contribution in [1.29, 1.82) is 0 Å². The summed E-state index contributed by atoms with van der Waals surface area (Å²) in [6, 6.07) is 4.26. The minimum atomic E-state index is 0.133. The van der Waals surface area contributed by atoms with Gasteiger partial charge in [0.2, 0.25) is 0 Å². The van der Waals surface area contributed by atoms with Crippen LogP contribution < -0.4 is 5.73 Å². The quantitative estimate of drug-likeness (QED) is 0.866. The number of aryl methyl sites for hydroxylation is 2. The first-order valence-electron chi connectivity index (χ1n) is 7.81. The highest BCUT2D eigenvalue weighted by molar-refractivity contribution is 5.97. The maximum absolute atomic E-state index is 12.9. The molecule has 2 aliphatic rings. The zero-order valence-electron chi connectivity index (χ0n) is 12.9. The van der Waals surface area contributed by atoms with Crippen LogP contribution in [0.1, 0.15) is 40.7 Å². The van der Waals surface area contributed by atoms with Crippen LogP contribution in [-0.2, 0) is 4.74 Å². The summed E-state index contributed by atoms with van der Waals surface area (Å²) < 4.78 is 5.44. The molecule has 0 radical (unpaired) electrons. The van der Waals surface area contributed by atoms with Crippen LogP contribution >= 0.6 is 0 Å². The van der Waals surface area contributed by atoms with Crippen molar-refractivity contribution < 1.29 is 9.53 Å². The molecule has 2 N–H and O–H groups in total. The van der Waals surface area contributed by atoms with Gasteiger partial charge in [-0.05, 0) is 50.3 Å². The molecule has 1 heterocycles. The number of nitrogens with zero attached hydrogens (tertiary/aromatic N) is 1. The zero-order chi connectivity index (χ0) is 15.0. The monoisotopic (exact) mass is 288 g/mol. The third-order valence-corrected chi connectivity index (χ3v) is 4.57. The van der Waals surface area contributed by atoms with E-state index in [0.29, 0.717) is 17.6 Å². The number of anilines is 1. The number of ether oxygens (including phenoxy) is 1. The number of hydrogen-bond donors (Lipinski definition) is 1. The summed E-state index contributed by atoms with van der Waals surface area (Å²) >= 11 is 0. The van der Waals surface area contributed by atoms with E-state index in [2.05, 4.69) is 4.90 Å². The lowest BCUT2D eigenvalue weighted by Crippen LogP contribution is -2.37. The molecule has 1 aliphatic carbocycles. The molecular formula is C17H24N2O2. The highest BCUT2D eigenvalue weighted by Crippen LogP contribution is 2.31. The fourth-order valence-corrected chi connectivity index (χ4v) is 3.04. The third kappa shape index (κ3) is 3.05. The number of nitrogens with two attached hydrogens (primary N) is 1. The van der Waals surface area contributed by atoms with Crippen molar-refractivity contribution in [3.05, 3.63) is 28.8 Å². The predicted molar refractivity (Wildman–Crippen MR) is 83.3 cm³/mol. The van der Waals surface area contributed by atoms with Gasteiger partial charge in [-0.3, -0.25) is 4.79 Å². The van der Waals surface area contributed by atoms with Gasteiger partial charge in [0.1, 0.15) is 0 Å². The van der Waals surface area contributed by atoms with Crippen LogP contribution in [0.2, 0.25) is 0 Å².